The summed E-state index contributed by atoms with van der Waals surface area (Å²) in [5.41, 5.74) is 1.01. The number of aliphatic hydroxyl groups is 1. The van der Waals surface area contributed by atoms with Crippen LogP contribution in [-0.2, 0) is 18.0 Å². The van der Waals surface area contributed by atoms with Gasteiger partial charge in [-0.1, -0.05) is 35.1 Å². The van der Waals surface area contributed by atoms with Gasteiger partial charge in [-0.25, -0.2) is 0 Å². The second-order valence-corrected chi connectivity index (χ2v) is 4.94. The minimum absolute atomic E-state index is 0.135. The van der Waals surface area contributed by atoms with Gasteiger partial charge in [0.15, 0.2) is 0 Å². The predicted molar refractivity (Wildman–Crippen MR) is 70.3 cm³/mol. The average molecular weight is 286 g/mol. The Labute approximate surface area is 114 Å². The highest BCUT2D eigenvalue weighted by atomic mass is 35.5. The van der Waals surface area contributed by atoms with E-state index in [2.05, 4.69) is 4.98 Å². The number of rotatable bonds is 5. The second-order valence-electron chi connectivity index (χ2n) is 3.53. The number of nitrogens with zero attached hydrogens (tertiary/aromatic N) is 1. The predicted octanol–water partition coefficient (Wildman–Crippen LogP) is 3.23. The molecule has 0 saturated carbocycles. The maximum atomic E-state index is 9.03. The molecule has 0 aliphatic heterocycles. The zero-order chi connectivity index (χ0) is 13.0. The molecule has 0 spiro atoms. The Balaban J connectivity index is 2.14. The van der Waals surface area contributed by atoms with Crippen LogP contribution in [0.5, 0.6) is 10.9 Å². The van der Waals surface area contributed by atoms with E-state index in [1.165, 1.54) is 11.3 Å². The molecule has 0 amide bonds. The Hall–Kier alpha value is -1.14. The van der Waals surface area contributed by atoms with Crippen LogP contribution in [0.25, 0.3) is 0 Å². The Kier molecular flexibility index (Phi) is 4.54. The van der Waals surface area contributed by atoms with Crippen LogP contribution >= 0.6 is 22.9 Å². The van der Waals surface area contributed by atoms with Crippen LogP contribution in [0.3, 0.4) is 0 Å². The van der Waals surface area contributed by atoms with Crippen molar-refractivity contribution < 1.29 is 14.6 Å². The molecule has 6 heteroatoms. The SMILES string of the molecule is COCc1cccc(Oc2nc(Cl)c(CO)s2)c1. The first kappa shape index (κ1) is 13.3. The fourth-order valence-electron chi connectivity index (χ4n) is 1.42. The molecule has 0 aliphatic carbocycles. The molecular weight excluding hydrogens is 274 g/mol. The van der Waals surface area contributed by atoms with Gasteiger partial charge in [-0.3, -0.25) is 0 Å². The van der Waals surface area contributed by atoms with Gasteiger partial charge in [0.1, 0.15) is 10.9 Å². The van der Waals surface area contributed by atoms with Gasteiger partial charge in [0.25, 0.3) is 5.19 Å². The van der Waals surface area contributed by atoms with Crippen molar-refractivity contribution in [3.05, 3.63) is 39.9 Å². The molecule has 0 fully saturated rings. The highest BCUT2D eigenvalue weighted by Crippen LogP contribution is 2.32. The van der Waals surface area contributed by atoms with Crippen molar-refractivity contribution in [2.24, 2.45) is 0 Å². The van der Waals surface area contributed by atoms with E-state index in [0.29, 0.717) is 22.4 Å². The van der Waals surface area contributed by atoms with Crippen molar-refractivity contribution in [2.75, 3.05) is 7.11 Å². The summed E-state index contributed by atoms with van der Waals surface area (Å²) in [4.78, 5) is 4.62. The molecule has 0 bridgehead atoms. The van der Waals surface area contributed by atoms with Gasteiger partial charge in [-0.2, -0.15) is 4.98 Å². The van der Waals surface area contributed by atoms with Crippen LogP contribution in [-0.4, -0.2) is 17.2 Å². The van der Waals surface area contributed by atoms with Gasteiger partial charge in [0, 0.05) is 7.11 Å². The third kappa shape index (κ3) is 3.20. The van der Waals surface area contributed by atoms with E-state index in [1.54, 1.807) is 7.11 Å². The monoisotopic (exact) mass is 285 g/mol. The van der Waals surface area contributed by atoms with Gasteiger partial charge in [0.05, 0.1) is 18.1 Å². The zero-order valence-corrected chi connectivity index (χ0v) is 11.3. The van der Waals surface area contributed by atoms with Crippen LogP contribution in [0, 0.1) is 0 Å². The summed E-state index contributed by atoms with van der Waals surface area (Å²) in [5.74, 6) is 0.666. The molecule has 0 radical (unpaired) electrons. The van der Waals surface area contributed by atoms with E-state index < -0.39 is 0 Å². The highest BCUT2D eigenvalue weighted by Gasteiger charge is 2.10. The first-order chi connectivity index (χ1) is 8.72. The Morgan fingerprint density at radius 3 is 2.94 bits per heavy atom. The second kappa shape index (κ2) is 6.15. The molecule has 0 atom stereocenters. The van der Waals surface area contributed by atoms with Crippen molar-refractivity contribution in [3.8, 4) is 10.9 Å². The number of aliphatic hydroxyl groups excluding tert-OH is 1. The summed E-state index contributed by atoms with van der Waals surface area (Å²) in [6.45, 7) is 0.390. The molecule has 2 aromatic rings. The van der Waals surface area contributed by atoms with E-state index in [4.69, 9.17) is 26.2 Å². The van der Waals surface area contributed by atoms with Crippen molar-refractivity contribution in [1.29, 1.82) is 0 Å². The minimum Gasteiger partial charge on any atom is -0.431 e. The fraction of sp³-hybridized carbons (Fsp3) is 0.250. The molecule has 0 unspecified atom stereocenters. The molecule has 1 N–H and O–H groups in total. The molecule has 96 valence electrons. The lowest BCUT2D eigenvalue weighted by Crippen LogP contribution is -1.89. The normalized spacial score (nSPS) is 10.6. The maximum absolute atomic E-state index is 9.03. The largest absolute Gasteiger partial charge is 0.431 e. The van der Waals surface area contributed by atoms with E-state index in [0.717, 1.165) is 5.56 Å². The number of aromatic nitrogens is 1. The molecule has 0 aliphatic rings. The van der Waals surface area contributed by atoms with E-state index in [-0.39, 0.29) is 11.8 Å². The number of methoxy groups -OCH3 is 1. The molecule has 2 rings (SSSR count). The number of thiazole rings is 1. The summed E-state index contributed by atoms with van der Waals surface area (Å²) in [7, 11) is 1.64. The lowest BCUT2D eigenvalue weighted by Gasteiger charge is -2.04. The molecule has 1 aromatic carbocycles. The summed E-state index contributed by atoms with van der Waals surface area (Å²) >= 11 is 7.06. The van der Waals surface area contributed by atoms with E-state index >= 15 is 0 Å². The molecule has 18 heavy (non-hydrogen) atoms. The lowest BCUT2D eigenvalue weighted by molar-refractivity contribution is 0.184. The maximum Gasteiger partial charge on any atom is 0.280 e. The first-order valence-electron chi connectivity index (χ1n) is 5.24. The standard InChI is InChI=1S/C12H12ClNO3S/c1-16-7-8-3-2-4-9(5-8)17-12-14-11(13)10(6-15)18-12/h2-5,15H,6-7H2,1H3. The van der Waals surface area contributed by atoms with Gasteiger partial charge >= 0.3 is 0 Å². The van der Waals surface area contributed by atoms with Crippen molar-refractivity contribution in [1.82, 2.24) is 4.98 Å². The third-order valence-corrected chi connectivity index (χ3v) is 3.53. The summed E-state index contributed by atoms with van der Waals surface area (Å²) in [6.07, 6.45) is 0. The zero-order valence-electron chi connectivity index (χ0n) is 9.72. The van der Waals surface area contributed by atoms with E-state index in [1.807, 2.05) is 24.3 Å². The molecule has 1 heterocycles. The van der Waals surface area contributed by atoms with Crippen LogP contribution in [0.4, 0.5) is 0 Å². The smallest absolute Gasteiger partial charge is 0.280 e. The topological polar surface area (TPSA) is 51.6 Å². The quantitative estimate of drug-likeness (QED) is 0.916. The van der Waals surface area contributed by atoms with Gasteiger partial charge in [0.2, 0.25) is 0 Å². The van der Waals surface area contributed by atoms with Crippen molar-refractivity contribution in [3.63, 3.8) is 0 Å². The van der Waals surface area contributed by atoms with E-state index in [9.17, 15) is 0 Å². The van der Waals surface area contributed by atoms with Gasteiger partial charge < -0.3 is 14.6 Å². The Morgan fingerprint density at radius 2 is 2.28 bits per heavy atom. The molecule has 4 nitrogen and oxygen atoms in total. The van der Waals surface area contributed by atoms with Gasteiger partial charge in [-0.05, 0) is 17.7 Å². The number of hydrogen-bond donors (Lipinski definition) is 1. The molecule has 1 aromatic heterocycles. The van der Waals surface area contributed by atoms with Crippen molar-refractivity contribution >= 4 is 22.9 Å². The Bertz CT molecular complexity index is 530. The summed E-state index contributed by atoms with van der Waals surface area (Å²) < 4.78 is 10.6. The summed E-state index contributed by atoms with van der Waals surface area (Å²) in [5, 5.41) is 9.72. The fourth-order valence-corrected chi connectivity index (χ4v) is 2.40. The highest BCUT2D eigenvalue weighted by molar-refractivity contribution is 7.13. The van der Waals surface area contributed by atoms with Crippen molar-refractivity contribution in [2.45, 2.75) is 13.2 Å². The number of hydrogen-bond acceptors (Lipinski definition) is 5. The average Bonchev–Trinajstić information content (AvgIpc) is 2.70. The molecule has 0 saturated heterocycles. The summed E-state index contributed by atoms with van der Waals surface area (Å²) in [6, 6.07) is 7.53. The van der Waals surface area contributed by atoms with Crippen LogP contribution in [0.1, 0.15) is 10.4 Å². The minimum atomic E-state index is -0.135. The van der Waals surface area contributed by atoms with Gasteiger partial charge in [-0.15, -0.1) is 0 Å². The Morgan fingerprint density at radius 1 is 1.44 bits per heavy atom. The number of ether oxygens (including phenoxy) is 2. The third-order valence-electron chi connectivity index (χ3n) is 2.19. The number of benzene rings is 1. The lowest BCUT2D eigenvalue weighted by atomic mass is 10.2. The number of halogens is 1. The van der Waals surface area contributed by atoms with Crippen LogP contribution in [0.15, 0.2) is 24.3 Å². The van der Waals surface area contributed by atoms with Crippen LogP contribution in [0.2, 0.25) is 5.15 Å². The first-order valence-corrected chi connectivity index (χ1v) is 6.44. The van der Waals surface area contributed by atoms with Crippen LogP contribution < -0.4 is 4.74 Å². The molecular formula is C12H12ClNO3S.